The number of ketones is 3. The first-order chi connectivity index (χ1) is 17.2. The zero-order valence-electron chi connectivity index (χ0n) is 21.4. The number of phenolic OH excluding ortho intramolecular Hbond substituents is 1. The van der Waals surface area contributed by atoms with Gasteiger partial charge in [-0.3, -0.25) is 14.4 Å². The summed E-state index contributed by atoms with van der Waals surface area (Å²) in [5.41, 5.74) is -3.63. The second-order valence-electron chi connectivity index (χ2n) is 11.1. The van der Waals surface area contributed by atoms with Gasteiger partial charge in [-0.2, -0.15) is 0 Å². The number of aliphatic hydroxyl groups excluding tert-OH is 2. The minimum atomic E-state index is -2.60. The highest BCUT2D eigenvalue weighted by atomic mass is 16.3. The SMILES string of the molecule is CC(=O)C1=C(O)CC2(C)C(C)C3(C)C(=C(O)C2(O)C1=O)C(=O)c1c(O)ccc(-c2ccccc2)c1C3C. The number of aliphatic hydroxyl groups is 3. The fourth-order valence-corrected chi connectivity index (χ4v) is 7.19. The molecule has 2 aromatic rings. The maximum absolute atomic E-state index is 14.1. The van der Waals surface area contributed by atoms with E-state index in [0.717, 1.165) is 18.1 Å². The van der Waals surface area contributed by atoms with E-state index in [1.165, 1.54) is 6.07 Å². The van der Waals surface area contributed by atoms with Gasteiger partial charge in [-0.05, 0) is 41.5 Å². The lowest BCUT2D eigenvalue weighted by Crippen LogP contribution is -2.67. The second-order valence-corrected chi connectivity index (χ2v) is 11.1. The number of benzene rings is 2. The Bertz CT molecular complexity index is 1470. The van der Waals surface area contributed by atoms with Crippen LogP contribution in [-0.4, -0.2) is 43.4 Å². The van der Waals surface area contributed by atoms with Crippen LogP contribution in [0.25, 0.3) is 11.1 Å². The Morgan fingerprint density at radius 1 is 0.973 bits per heavy atom. The van der Waals surface area contributed by atoms with E-state index in [9.17, 15) is 34.8 Å². The average molecular weight is 503 g/mol. The van der Waals surface area contributed by atoms with Crippen LogP contribution in [0.4, 0.5) is 0 Å². The van der Waals surface area contributed by atoms with Crippen molar-refractivity contribution in [2.75, 3.05) is 0 Å². The molecule has 0 amide bonds. The van der Waals surface area contributed by atoms with Crippen molar-refractivity contribution in [3.05, 3.63) is 76.3 Å². The van der Waals surface area contributed by atoms with E-state index in [2.05, 4.69) is 0 Å². The largest absolute Gasteiger partial charge is 0.511 e. The summed E-state index contributed by atoms with van der Waals surface area (Å²) in [6, 6.07) is 12.6. The van der Waals surface area contributed by atoms with Gasteiger partial charge in [-0.25, -0.2) is 0 Å². The van der Waals surface area contributed by atoms with Crippen molar-refractivity contribution in [2.24, 2.45) is 16.7 Å². The highest BCUT2D eigenvalue weighted by molar-refractivity contribution is 6.25. The number of carbonyl (C=O) groups excluding carboxylic acids is 3. The monoisotopic (exact) mass is 502 g/mol. The molecule has 0 aliphatic heterocycles. The molecule has 0 heterocycles. The summed E-state index contributed by atoms with van der Waals surface area (Å²) in [4.78, 5) is 39.9. The van der Waals surface area contributed by atoms with E-state index in [4.69, 9.17) is 0 Å². The molecule has 0 spiro atoms. The van der Waals surface area contributed by atoms with E-state index >= 15 is 0 Å². The van der Waals surface area contributed by atoms with Gasteiger partial charge in [0.25, 0.3) is 0 Å². The normalized spacial score (nSPS) is 33.1. The number of fused-ring (bicyclic) bond motifs is 3. The fraction of sp³-hybridized carbons (Fsp3) is 0.367. The van der Waals surface area contributed by atoms with Gasteiger partial charge in [-0.15, -0.1) is 0 Å². The summed E-state index contributed by atoms with van der Waals surface area (Å²) in [6.45, 7) is 8.19. The molecular formula is C30H30O7. The van der Waals surface area contributed by atoms with Gasteiger partial charge in [0.05, 0.1) is 5.56 Å². The van der Waals surface area contributed by atoms with Crippen molar-refractivity contribution in [2.45, 2.75) is 52.6 Å². The summed E-state index contributed by atoms with van der Waals surface area (Å²) in [5, 5.41) is 45.2. The van der Waals surface area contributed by atoms with E-state index in [-0.39, 0.29) is 23.3 Å². The number of carbonyl (C=O) groups is 3. The first kappa shape index (κ1) is 25.0. The van der Waals surface area contributed by atoms with Crippen molar-refractivity contribution in [3.63, 3.8) is 0 Å². The minimum Gasteiger partial charge on any atom is -0.511 e. The maximum Gasteiger partial charge on any atom is 0.209 e. The smallest absolute Gasteiger partial charge is 0.209 e. The third kappa shape index (κ3) is 2.78. The van der Waals surface area contributed by atoms with Gasteiger partial charge < -0.3 is 20.4 Å². The third-order valence-electron chi connectivity index (χ3n) is 9.63. The molecule has 5 atom stereocenters. The molecule has 37 heavy (non-hydrogen) atoms. The molecular weight excluding hydrogens is 472 g/mol. The molecule has 5 rings (SSSR count). The number of rotatable bonds is 2. The first-order valence-corrected chi connectivity index (χ1v) is 12.3. The van der Waals surface area contributed by atoms with Crippen LogP contribution in [0.15, 0.2) is 65.1 Å². The molecule has 0 radical (unpaired) electrons. The Morgan fingerprint density at radius 2 is 1.59 bits per heavy atom. The zero-order valence-corrected chi connectivity index (χ0v) is 21.4. The summed E-state index contributed by atoms with van der Waals surface area (Å²) < 4.78 is 0. The third-order valence-corrected chi connectivity index (χ3v) is 9.63. The molecule has 7 heteroatoms. The molecule has 192 valence electrons. The minimum absolute atomic E-state index is 0.0146. The molecule has 0 fully saturated rings. The van der Waals surface area contributed by atoms with Gasteiger partial charge in [0.15, 0.2) is 17.2 Å². The highest BCUT2D eigenvalue weighted by Crippen LogP contribution is 2.68. The fourth-order valence-electron chi connectivity index (χ4n) is 7.19. The van der Waals surface area contributed by atoms with Gasteiger partial charge >= 0.3 is 0 Å². The predicted octanol–water partition coefficient (Wildman–Crippen LogP) is 4.94. The summed E-state index contributed by atoms with van der Waals surface area (Å²) in [7, 11) is 0. The van der Waals surface area contributed by atoms with E-state index in [1.807, 2.05) is 44.2 Å². The van der Waals surface area contributed by atoms with Crippen molar-refractivity contribution < 1.29 is 34.8 Å². The number of Topliss-reactive ketones (excluding diaryl/α,β-unsaturated/α-hetero) is 3. The Labute approximate surface area is 214 Å². The lowest BCUT2D eigenvalue weighted by Gasteiger charge is -2.61. The molecule has 0 saturated heterocycles. The lowest BCUT2D eigenvalue weighted by molar-refractivity contribution is -0.171. The van der Waals surface area contributed by atoms with Crippen molar-refractivity contribution >= 4 is 17.3 Å². The Kier molecular flexibility index (Phi) is 5.16. The van der Waals surface area contributed by atoms with E-state index < -0.39 is 62.7 Å². The molecule has 3 aliphatic rings. The van der Waals surface area contributed by atoms with E-state index in [1.54, 1.807) is 19.9 Å². The summed E-state index contributed by atoms with van der Waals surface area (Å²) >= 11 is 0. The van der Waals surface area contributed by atoms with Gasteiger partial charge in [0, 0.05) is 22.8 Å². The lowest BCUT2D eigenvalue weighted by atomic mass is 9.42. The number of aromatic hydroxyl groups is 1. The number of allylic oxidation sites excluding steroid dienone is 2. The van der Waals surface area contributed by atoms with Crippen LogP contribution in [0.2, 0.25) is 0 Å². The van der Waals surface area contributed by atoms with Crippen molar-refractivity contribution in [3.8, 4) is 16.9 Å². The van der Waals surface area contributed by atoms with Crippen molar-refractivity contribution in [1.82, 2.24) is 0 Å². The van der Waals surface area contributed by atoms with Crippen LogP contribution in [0, 0.1) is 16.7 Å². The van der Waals surface area contributed by atoms with Crippen LogP contribution in [0.3, 0.4) is 0 Å². The van der Waals surface area contributed by atoms with Crippen LogP contribution < -0.4 is 0 Å². The van der Waals surface area contributed by atoms with Crippen LogP contribution >= 0.6 is 0 Å². The number of hydrogen-bond acceptors (Lipinski definition) is 7. The highest BCUT2D eigenvalue weighted by Gasteiger charge is 2.71. The molecule has 2 aromatic carbocycles. The number of hydrogen-bond donors (Lipinski definition) is 4. The molecule has 0 bridgehead atoms. The Balaban J connectivity index is 1.86. The van der Waals surface area contributed by atoms with Crippen LogP contribution in [0.1, 0.15) is 62.9 Å². The quantitative estimate of drug-likeness (QED) is 0.428. The molecule has 0 aromatic heterocycles. The molecule has 4 N–H and O–H groups in total. The predicted molar refractivity (Wildman–Crippen MR) is 136 cm³/mol. The molecule has 7 nitrogen and oxygen atoms in total. The Hall–Kier alpha value is -3.71. The van der Waals surface area contributed by atoms with Crippen LogP contribution in [-0.2, 0) is 9.59 Å². The van der Waals surface area contributed by atoms with E-state index in [0.29, 0.717) is 5.56 Å². The summed E-state index contributed by atoms with van der Waals surface area (Å²) in [5.74, 6) is -5.15. The topological polar surface area (TPSA) is 132 Å². The standard InChI is InChI=1S/C30H30O7/c1-14-21-18(17-9-7-6-8-10-17)11-12-19(32)23(21)25(34)24-27(36)30(37)26(35)22(15(2)31)20(33)13-28(30,4)16(3)29(14,24)5/h6-12,14,16,32-33,36-37H,13H2,1-5H3. The maximum atomic E-state index is 14.1. The zero-order chi connectivity index (χ0) is 27.2. The van der Waals surface area contributed by atoms with Gasteiger partial charge in [-0.1, -0.05) is 64.1 Å². The molecule has 0 saturated carbocycles. The first-order valence-electron chi connectivity index (χ1n) is 12.3. The second kappa shape index (κ2) is 7.65. The number of phenols is 1. The molecule has 3 aliphatic carbocycles. The van der Waals surface area contributed by atoms with Gasteiger partial charge in [0.2, 0.25) is 5.78 Å². The molecule has 5 unspecified atom stereocenters. The average Bonchev–Trinajstić information content (AvgIpc) is 2.84. The summed E-state index contributed by atoms with van der Waals surface area (Å²) in [6.07, 6.45) is -0.238. The Morgan fingerprint density at radius 3 is 2.19 bits per heavy atom. The van der Waals surface area contributed by atoms with Crippen LogP contribution in [0.5, 0.6) is 5.75 Å². The van der Waals surface area contributed by atoms with Crippen molar-refractivity contribution in [1.29, 1.82) is 0 Å². The van der Waals surface area contributed by atoms with Gasteiger partial charge in [0.1, 0.15) is 22.8 Å².